The number of quaternary nitrogens is 2. The lowest BCUT2D eigenvalue weighted by Crippen LogP contribution is -3.11. The second-order valence-corrected chi connectivity index (χ2v) is 23.6. The molecular weight excluding hydrogens is 1130 g/mol. The minimum Gasteiger partial charge on any atom is -0.756 e. The van der Waals surface area contributed by atoms with Gasteiger partial charge in [-0.05, 0) is 81.9 Å². The van der Waals surface area contributed by atoms with Crippen molar-refractivity contribution in [2.45, 2.75) is 97.0 Å². The largest absolute Gasteiger partial charge is 0.756 e. The summed E-state index contributed by atoms with van der Waals surface area (Å²) in [5, 5.41) is 43.4. The van der Waals surface area contributed by atoms with E-state index in [1.54, 1.807) is 22.0 Å². The molecule has 2 saturated heterocycles. The minimum absolute atomic E-state index is 0.0362. The second kappa shape index (κ2) is 26.4. The number of benzene rings is 2. The van der Waals surface area contributed by atoms with Gasteiger partial charge in [0, 0.05) is 6.08 Å². The Morgan fingerprint density at radius 3 is 1.86 bits per heavy atom. The summed E-state index contributed by atoms with van der Waals surface area (Å²) in [6.45, 7) is 18.5. The summed E-state index contributed by atoms with van der Waals surface area (Å²) >= 11 is 0. The normalized spacial score (nSPS) is 23.7. The quantitative estimate of drug-likeness (QED) is 0.0271. The molecule has 6 aromatic rings. The molecule has 3 unspecified atom stereocenters. The van der Waals surface area contributed by atoms with Crippen LogP contribution in [0.1, 0.15) is 76.5 Å². The number of imidazole rings is 2. The Kier molecular flexibility index (Phi) is 20.6. The average molecular weight is 1200 g/mol. The van der Waals surface area contributed by atoms with Crippen LogP contribution in [0.3, 0.4) is 0 Å². The number of phosphoric ester groups is 2. The Morgan fingerprint density at radius 1 is 0.728 bits per heavy atom. The molecule has 4 aromatic heterocycles. The molecule has 0 radical (unpaired) electrons. The number of aliphatic hydroxyl groups excluding tert-OH is 4. The number of anilines is 2. The Balaban J connectivity index is 0.000000600. The zero-order valence-electron chi connectivity index (χ0n) is 45.4. The summed E-state index contributed by atoms with van der Waals surface area (Å²) in [5.41, 5.74) is 14.7. The van der Waals surface area contributed by atoms with E-state index in [9.17, 15) is 58.4 Å². The number of rotatable bonds is 20. The monoisotopic (exact) mass is 1190 g/mol. The number of aryl methyl sites for hydroxylation is 1. The third-order valence-corrected chi connectivity index (χ3v) is 18.3. The first kappa shape index (κ1) is 63.2. The fraction of sp³-hybridized carbons (Fsp3) is 0.500. The molecule has 12 N–H and O–H groups in total. The lowest BCUT2D eigenvalue weighted by Gasteiger charge is -2.34. The van der Waals surface area contributed by atoms with Gasteiger partial charge in [-0.2, -0.15) is 9.55 Å². The zero-order chi connectivity index (χ0) is 59.3. The lowest BCUT2D eigenvalue weighted by atomic mass is 10.0. The molecule has 1 aliphatic carbocycles. The molecular formula is C48H69N12O18P3. The summed E-state index contributed by atoms with van der Waals surface area (Å²) in [6, 6.07) is 13.9. The van der Waals surface area contributed by atoms with Gasteiger partial charge in [-0.25, -0.2) is 13.6 Å². The van der Waals surface area contributed by atoms with Crippen LogP contribution in [0.4, 0.5) is 11.9 Å². The van der Waals surface area contributed by atoms with Crippen LogP contribution in [0.5, 0.6) is 0 Å². The van der Waals surface area contributed by atoms with Crippen LogP contribution in [0, 0.1) is 0 Å². The van der Waals surface area contributed by atoms with Gasteiger partial charge in [-0.1, -0.05) is 47.4 Å². The fourth-order valence-electron chi connectivity index (χ4n) is 9.65. The Bertz CT molecular complexity index is 3460. The van der Waals surface area contributed by atoms with Crippen molar-refractivity contribution in [1.82, 2.24) is 34.1 Å². The molecule has 30 nitrogen and oxygen atoms in total. The molecule has 33 heteroatoms. The molecule has 2 fully saturated rings. The van der Waals surface area contributed by atoms with Crippen LogP contribution < -0.4 is 51.6 Å². The van der Waals surface area contributed by atoms with Crippen molar-refractivity contribution in [3.63, 3.8) is 0 Å². The molecule has 2 aromatic carbocycles. The Hall–Kier alpha value is -5.43. The molecule has 0 amide bonds. The summed E-state index contributed by atoms with van der Waals surface area (Å²) in [6.07, 6.45) is -9.13. The van der Waals surface area contributed by atoms with Crippen molar-refractivity contribution in [1.29, 1.82) is 0 Å². The smallest absolute Gasteiger partial charge is 0.314 e. The molecule has 11 atom stereocenters. The van der Waals surface area contributed by atoms with Crippen LogP contribution >= 0.6 is 23.5 Å². The van der Waals surface area contributed by atoms with Gasteiger partial charge < -0.3 is 74.9 Å². The van der Waals surface area contributed by atoms with Crippen molar-refractivity contribution in [2.75, 3.05) is 63.9 Å². The highest BCUT2D eigenvalue weighted by Crippen LogP contribution is 2.63. The van der Waals surface area contributed by atoms with Crippen LogP contribution in [0.25, 0.3) is 45.6 Å². The van der Waals surface area contributed by atoms with Gasteiger partial charge in [0.25, 0.3) is 40.5 Å². The van der Waals surface area contributed by atoms with Gasteiger partial charge in [0.1, 0.15) is 36.6 Å². The predicted octanol–water partition coefficient (Wildman–Crippen LogP) is -2.84. The highest BCUT2D eigenvalue weighted by atomic mass is 31.3. The molecule has 0 bridgehead atoms. The second-order valence-electron chi connectivity index (χ2n) is 19.1. The van der Waals surface area contributed by atoms with Gasteiger partial charge >= 0.3 is 5.65 Å². The summed E-state index contributed by atoms with van der Waals surface area (Å²) < 4.78 is 69.6. The summed E-state index contributed by atoms with van der Waals surface area (Å²) in [5.74, 6) is -0.466. The lowest BCUT2D eigenvalue weighted by molar-refractivity contribution is -0.894. The first-order chi connectivity index (χ1) is 38.3. The van der Waals surface area contributed by atoms with Crippen LogP contribution in [-0.4, -0.2) is 144 Å². The first-order valence-electron chi connectivity index (χ1n) is 26.1. The summed E-state index contributed by atoms with van der Waals surface area (Å²) in [7, 11) is -17.1. The van der Waals surface area contributed by atoms with Crippen molar-refractivity contribution in [3.8, 4) is 11.1 Å². The number of aromatic nitrogens is 8. The van der Waals surface area contributed by atoms with E-state index < -0.39 is 96.9 Å². The maximum atomic E-state index is 13.1. The maximum Gasteiger partial charge on any atom is 0.314 e. The third kappa shape index (κ3) is 14.5. The fourth-order valence-corrected chi connectivity index (χ4v) is 13.0. The van der Waals surface area contributed by atoms with Gasteiger partial charge in [0.15, 0.2) is 17.4 Å². The number of ether oxygens (including phenoxy) is 2. The van der Waals surface area contributed by atoms with Gasteiger partial charge in [-0.3, -0.25) is 42.4 Å². The van der Waals surface area contributed by atoms with Gasteiger partial charge in [0.05, 0.1) is 65.9 Å². The van der Waals surface area contributed by atoms with E-state index in [0.29, 0.717) is 6.42 Å². The third-order valence-electron chi connectivity index (χ3n) is 14.1. The number of hydrogen-bond donors (Lipinski definition) is 10. The number of nitrogen functional groups attached to an aromatic ring is 2. The molecule has 2 aliphatic heterocycles. The van der Waals surface area contributed by atoms with E-state index in [2.05, 4.69) is 84.1 Å². The van der Waals surface area contributed by atoms with Gasteiger partial charge in [-0.15, -0.1) is 0 Å². The van der Waals surface area contributed by atoms with E-state index in [1.165, 1.54) is 61.0 Å². The SMILES string of the molecule is CC[NH+](CC)CC.CC[NH+](CC)CC.Cn1c(/C=C\c2ccc3c(c2)Cc2ccccc2-3)[n+]([C@@H]2O[C@H](COP(=O)([O-])OP(=O)([O-])OP(=O)([O-])OC[C@H]3O[C@@H](n4cnc5c(=O)[nH]c(N)nc54)[C@H](O)[C@@H]3O)[C@@H](O)[C@H]2O)c2nc(N)[nH]c(=O)c21. The number of aromatic amines is 2. The number of phosphoric acid groups is 3. The van der Waals surface area contributed by atoms with E-state index >= 15 is 0 Å². The average Bonchev–Trinajstić information content (AvgIpc) is 4.41. The number of nitrogens with two attached hydrogens (primary N) is 2. The standard InChI is InChI=1S/C36H39N10O18P3.2C6H15N/c1-44-22(9-7-15-6-8-19-17(10-15)11-16-4-2-3-5-18(16)19)46(30-24(44)32(52)43-36(38)41-30)34-28(50)26(48)21(62-34)13-60-66(55,56)64-67(57,58)63-65(53,54)59-12-20-25(47)27(49)33(61-20)45-14-39-23-29(45)40-35(37)42-31(23)51;2*1-4-7(5-2)6-3/h2-10,14,20-21,25-28,33-34,47-50H,11-13H2,1H3,(H8-,37,38,40,41,42,43,51,52,53,54,55,56,57,58);2*4-6H2,1-3H3/b9-7-;;/t20-,21-,25-,26-,27-,28-,33-,34-;;/m1../s1. The Morgan fingerprint density at radius 2 is 1.27 bits per heavy atom. The summed E-state index contributed by atoms with van der Waals surface area (Å²) in [4.78, 5) is 83.0. The molecule has 444 valence electrons. The van der Waals surface area contributed by atoms with Crippen molar-refractivity contribution in [3.05, 3.63) is 92.0 Å². The zero-order valence-corrected chi connectivity index (χ0v) is 48.1. The number of nitrogens with zero attached hydrogens (tertiary/aromatic N) is 6. The van der Waals surface area contributed by atoms with Crippen molar-refractivity contribution >= 4 is 69.8 Å². The molecule has 9 rings (SSSR count). The molecule has 81 heavy (non-hydrogen) atoms. The van der Waals surface area contributed by atoms with Crippen LogP contribution in [-0.2, 0) is 54.3 Å². The molecule has 3 aliphatic rings. The first-order valence-corrected chi connectivity index (χ1v) is 30.4. The van der Waals surface area contributed by atoms with Gasteiger partial charge in [0.2, 0.25) is 23.5 Å². The van der Waals surface area contributed by atoms with Crippen molar-refractivity contribution in [2.24, 2.45) is 7.05 Å². The van der Waals surface area contributed by atoms with E-state index in [1.807, 2.05) is 42.5 Å². The number of fused-ring (bicyclic) bond motifs is 5. The van der Waals surface area contributed by atoms with E-state index in [0.717, 1.165) is 33.1 Å². The van der Waals surface area contributed by atoms with Crippen molar-refractivity contribution < 1.29 is 90.3 Å². The van der Waals surface area contributed by atoms with Crippen LogP contribution in [0.2, 0.25) is 0 Å². The molecule has 0 saturated carbocycles. The number of hydrogen-bond acceptors (Lipinski definition) is 23. The van der Waals surface area contributed by atoms with Crippen LogP contribution in [0.15, 0.2) is 58.4 Å². The number of H-pyrrole nitrogens is 2. The highest BCUT2D eigenvalue weighted by Gasteiger charge is 2.49. The number of aliphatic hydroxyl groups is 4. The molecule has 0 spiro atoms. The number of nitrogens with one attached hydrogen (secondary N) is 4. The minimum atomic E-state index is -6.44. The maximum absolute atomic E-state index is 13.1. The van der Waals surface area contributed by atoms with E-state index in [4.69, 9.17) is 20.9 Å². The predicted molar refractivity (Wildman–Crippen MR) is 286 cm³/mol. The van der Waals surface area contributed by atoms with E-state index in [-0.39, 0.29) is 40.0 Å². The topological polar surface area (TPSA) is 436 Å². The highest BCUT2D eigenvalue weighted by molar-refractivity contribution is 7.65. The molecule has 6 heterocycles. The Labute approximate surface area is 464 Å².